The highest BCUT2D eigenvalue weighted by molar-refractivity contribution is 7.13. The molecular weight excluding hydrogens is 230 g/mol. The van der Waals surface area contributed by atoms with E-state index in [0.717, 1.165) is 12.2 Å². The van der Waals surface area contributed by atoms with Crippen LogP contribution in [-0.2, 0) is 11.3 Å². The summed E-state index contributed by atoms with van der Waals surface area (Å²) in [6.45, 7) is 1.89. The number of anilines is 1. The average Bonchev–Trinajstić information content (AvgIpc) is 2.59. The van der Waals surface area contributed by atoms with Gasteiger partial charge in [0.2, 0.25) is 0 Å². The summed E-state index contributed by atoms with van der Waals surface area (Å²) in [5.74, 6) is 0. The molecule has 0 atom stereocenters. The van der Waals surface area contributed by atoms with Gasteiger partial charge in [0.05, 0.1) is 18.9 Å². The lowest BCUT2D eigenvalue weighted by molar-refractivity contribution is 0.103. The van der Waals surface area contributed by atoms with Crippen LogP contribution in [0.1, 0.15) is 5.69 Å². The minimum atomic E-state index is -1.10. The first-order valence-electron chi connectivity index (χ1n) is 4.75. The molecule has 6 nitrogen and oxygen atoms in total. The smallest absolute Gasteiger partial charge is 0.410 e. The molecule has 0 aliphatic carbocycles. The van der Waals surface area contributed by atoms with E-state index in [2.05, 4.69) is 10.3 Å². The second-order valence-corrected chi connectivity index (χ2v) is 4.29. The predicted octanol–water partition coefficient (Wildman–Crippen LogP) is 1.31. The molecule has 0 bridgehead atoms. The maximum atomic E-state index is 10.3. The number of rotatable bonds is 6. The number of aromatic nitrogens is 1. The van der Waals surface area contributed by atoms with Crippen molar-refractivity contribution in [3.63, 3.8) is 0 Å². The maximum Gasteiger partial charge on any atom is 0.410 e. The quantitative estimate of drug-likeness (QED) is 0.739. The molecule has 1 heterocycles. The third-order valence-electron chi connectivity index (χ3n) is 1.70. The molecule has 2 N–H and O–H groups in total. The average molecular weight is 245 g/mol. The number of ether oxygens (including phenoxy) is 1. The van der Waals surface area contributed by atoms with Crippen LogP contribution in [0.25, 0.3) is 0 Å². The normalized spacial score (nSPS) is 10.7. The van der Waals surface area contributed by atoms with E-state index < -0.39 is 6.09 Å². The molecule has 0 spiro atoms. The van der Waals surface area contributed by atoms with Gasteiger partial charge in [-0.1, -0.05) is 0 Å². The summed E-state index contributed by atoms with van der Waals surface area (Å²) in [6, 6.07) is 0. The third kappa shape index (κ3) is 5.06. The molecule has 0 saturated carbocycles. The highest BCUT2D eigenvalue weighted by atomic mass is 32.1. The van der Waals surface area contributed by atoms with Crippen LogP contribution in [0, 0.1) is 0 Å². The zero-order chi connectivity index (χ0) is 12.0. The minimum absolute atomic E-state index is 0.374. The molecule has 0 aliphatic rings. The minimum Gasteiger partial charge on any atom is -0.465 e. The second-order valence-electron chi connectivity index (χ2n) is 3.43. The van der Waals surface area contributed by atoms with Crippen molar-refractivity contribution >= 4 is 22.6 Å². The van der Waals surface area contributed by atoms with E-state index in [1.54, 1.807) is 5.38 Å². The first-order chi connectivity index (χ1) is 7.58. The molecular formula is C9H15N3O3S. The molecule has 0 unspecified atom stereocenters. The van der Waals surface area contributed by atoms with Gasteiger partial charge in [0, 0.05) is 11.9 Å². The Balaban J connectivity index is 2.26. The number of carboxylic acid groups (broad SMARTS) is 1. The van der Waals surface area contributed by atoms with Crippen molar-refractivity contribution in [2.24, 2.45) is 0 Å². The van der Waals surface area contributed by atoms with Crippen LogP contribution in [0.3, 0.4) is 0 Å². The van der Waals surface area contributed by atoms with Crippen LogP contribution in [-0.4, -0.2) is 48.3 Å². The van der Waals surface area contributed by atoms with Gasteiger partial charge >= 0.3 is 6.09 Å². The van der Waals surface area contributed by atoms with E-state index in [1.807, 2.05) is 19.0 Å². The van der Waals surface area contributed by atoms with Gasteiger partial charge in [0.1, 0.15) is 0 Å². The topological polar surface area (TPSA) is 74.7 Å². The molecule has 1 aromatic rings. The van der Waals surface area contributed by atoms with Crippen molar-refractivity contribution in [2.75, 3.05) is 32.6 Å². The Hall–Kier alpha value is -1.18. The van der Waals surface area contributed by atoms with Crippen LogP contribution in [0.5, 0.6) is 0 Å². The molecule has 90 valence electrons. The van der Waals surface area contributed by atoms with E-state index in [1.165, 1.54) is 11.3 Å². The summed E-state index contributed by atoms with van der Waals surface area (Å²) in [7, 11) is 3.95. The van der Waals surface area contributed by atoms with Gasteiger partial charge in [-0.3, -0.25) is 5.32 Å². The summed E-state index contributed by atoms with van der Waals surface area (Å²) in [5.41, 5.74) is 0.743. The van der Waals surface area contributed by atoms with Gasteiger partial charge in [-0.25, -0.2) is 9.78 Å². The lowest BCUT2D eigenvalue weighted by Crippen LogP contribution is -2.17. The van der Waals surface area contributed by atoms with Crippen molar-refractivity contribution < 1.29 is 14.6 Å². The Morgan fingerprint density at radius 3 is 3.06 bits per heavy atom. The Kier molecular flexibility index (Phi) is 5.17. The Bertz CT molecular complexity index is 340. The third-order valence-corrected chi connectivity index (χ3v) is 2.50. The number of nitrogens with one attached hydrogen (secondary N) is 1. The SMILES string of the molecule is CN(C)CCOCc1csc(NC(=O)O)n1. The summed E-state index contributed by atoms with van der Waals surface area (Å²) < 4.78 is 5.38. The molecule has 0 fully saturated rings. The fraction of sp³-hybridized carbons (Fsp3) is 0.556. The van der Waals surface area contributed by atoms with Crippen molar-refractivity contribution in [2.45, 2.75) is 6.61 Å². The molecule has 7 heteroatoms. The van der Waals surface area contributed by atoms with E-state index in [-0.39, 0.29) is 0 Å². The van der Waals surface area contributed by atoms with Gasteiger partial charge in [-0.15, -0.1) is 11.3 Å². The second kappa shape index (κ2) is 6.41. The zero-order valence-corrected chi connectivity index (χ0v) is 10.1. The fourth-order valence-electron chi connectivity index (χ4n) is 0.946. The molecule has 0 saturated heterocycles. The standard InChI is InChI=1S/C9H15N3O3S/c1-12(2)3-4-15-5-7-6-16-8(10-7)11-9(13)14/h6H,3-5H2,1-2H3,(H,10,11)(H,13,14). The highest BCUT2D eigenvalue weighted by Crippen LogP contribution is 2.15. The number of amides is 1. The molecule has 16 heavy (non-hydrogen) atoms. The van der Waals surface area contributed by atoms with Gasteiger partial charge in [-0.05, 0) is 14.1 Å². The van der Waals surface area contributed by atoms with Crippen LogP contribution in [0.4, 0.5) is 9.93 Å². The molecule has 0 radical (unpaired) electrons. The number of thiazole rings is 1. The number of likely N-dealkylation sites (N-methyl/N-ethyl adjacent to an activating group) is 1. The van der Waals surface area contributed by atoms with Crippen molar-refractivity contribution in [3.8, 4) is 0 Å². The first-order valence-corrected chi connectivity index (χ1v) is 5.62. The van der Waals surface area contributed by atoms with Gasteiger partial charge in [0.25, 0.3) is 0 Å². The van der Waals surface area contributed by atoms with E-state index >= 15 is 0 Å². The van der Waals surface area contributed by atoms with Crippen molar-refractivity contribution in [1.82, 2.24) is 9.88 Å². The number of nitrogens with zero attached hydrogens (tertiary/aromatic N) is 2. The monoisotopic (exact) mass is 245 g/mol. The predicted molar refractivity (Wildman–Crippen MR) is 62.0 cm³/mol. The van der Waals surface area contributed by atoms with Gasteiger partial charge < -0.3 is 14.7 Å². The Morgan fingerprint density at radius 2 is 2.44 bits per heavy atom. The molecule has 0 aromatic carbocycles. The van der Waals surface area contributed by atoms with Crippen LogP contribution in [0.15, 0.2) is 5.38 Å². The van der Waals surface area contributed by atoms with E-state index in [9.17, 15) is 4.79 Å². The number of carbonyl (C=O) groups is 1. The highest BCUT2D eigenvalue weighted by Gasteiger charge is 2.04. The molecule has 0 aliphatic heterocycles. The largest absolute Gasteiger partial charge is 0.465 e. The van der Waals surface area contributed by atoms with Crippen LogP contribution in [0.2, 0.25) is 0 Å². The summed E-state index contributed by atoms with van der Waals surface area (Å²) in [6.07, 6.45) is -1.10. The van der Waals surface area contributed by atoms with E-state index in [4.69, 9.17) is 9.84 Å². The lowest BCUT2D eigenvalue weighted by atomic mass is 10.5. The van der Waals surface area contributed by atoms with Crippen LogP contribution >= 0.6 is 11.3 Å². The zero-order valence-electron chi connectivity index (χ0n) is 9.27. The van der Waals surface area contributed by atoms with Crippen molar-refractivity contribution in [3.05, 3.63) is 11.1 Å². The lowest BCUT2D eigenvalue weighted by Gasteiger charge is -2.08. The van der Waals surface area contributed by atoms with Gasteiger partial charge in [-0.2, -0.15) is 0 Å². The van der Waals surface area contributed by atoms with Crippen LogP contribution < -0.4 is 5.32 Å². The van der Waals surface area contributed by atoms with Gasteiger partial charge in [0.15, 0.2) is 5.13 Å². The molecule has 1 aromatic heterocycles. The summed E-state index contributed by atoms with van der Waals surface area (Å²) in [4.78, 5) is 16.4. The maximum absolute atomic E-state index is 10.3. The molecule has 1 rings (SSSR count). The number of hydrogen-bond donors (Lipinski definition) is 2. The van der Waals surface area contributed by atoms with E-state index in [0.29, 0.717) is 18.3 Å². The number of hydrogen-bond acceptors (Lipinski definition) is 5. The Labute approximate surface area is 97.9 Å². The summed E-state index contributed by atoms with van der Waals surface area (Å²) in [5, 5.41) is 12.8. The first kappa shape index (κ1) is 12.9. The van der Waals surface area contributed by atoms with Crippen molar-refractivity contribution in [1.29, 1.82) is 0 Å². The Morgan fingerprint density at radius 1 is 1.69 bits per heavy atom. The molecule has 1 amide bonds. The summed E-state index contributed by atoms with van der Waals surface area (Å²) >= 11 is 1.25. The fourth-order valence-corrected chi connectivity index (χ4v) is 1.63.